The first-order valence-electron chi connectivity index (χ1n) is 10.4. The summed E-state index contributed by atoms with van der Waals surface area (Å²) in [6.07, 6.45) is 0.974. The molecule has 0 saturated heterocycles. The van der Waals surface area contributed by atoms with Gasteiger partial charge in [-0.25, -0.2) is 4.98 Å². The summed E-state index contributed by atoms with van der Waals surface area (Å²) in [7, 11) is 3.34. The molecule has 0 bridgehead atoms. The molecule has 3 rings (SSSR count). The third kappa shape index (κ3) is 5.11. The van der Waals surface area contributed by atoms with Gasteiger partial charge < -0.3 is 14.8 Å². The van der Waals surface area contributed by atoms with E-state index in [9.17, 15) is 9.59 Å². The fraction of sp³-hybridized carbons (Fsp3) is 0.375. The number of carbonyl (C=O) groups excluding carboxylic acids is 1. The number of hydrogen-bond donors (Lipinski definition) is 1. The summed E-state index contributed by atoms with van der Waals surface area (Å²) >= 11 is 0. The van der Waals surface area contributed by atoms with Crippen LogP contribution in [0.2, 0.25) is 0 Å². The average Bonchev–Trinajstić information content (AvgIpc) is 2.78. The van der Waals surface area contributed by atoms with Crippen LogP contribution in [0, 0.1) is 0 Å². The molecule has 1 atom stereocenters. The Hall–Kier alpha value is -3.19. The predicted octanol–water partition coefficient (Wildman–Crippen LogP) is 2.64. The van der Waals surface area contributed by atoms with Gasteiger partial charge >= 0.3 is 0 Å². The smallest absolute Gasteiger partial charge is 0.261 e. The van der Waals surface area contributed by atoms with Gasteiger partial charge in [0.1, 0.15) is 17.2 Å². The number of para-hydroxylation sites is 1. The third-order valence-electron chi connectivity index (χ3n) is 5.31. The van der Waals surface area contributed by atoms with E-state index in [0.717, 1.165) is 5.56 Å². The largest absolute Gasteiger partial charge is 0.493 e. The van der Waals surface area contributed by atoms with Crippen molar-refractivity contribution in [3.05, 3.63) is 70.3 Å². The van der Waals surface area contributed by atoms with Gasteiger partial charge in [0.15, 0.2) is 0 Å². The van der Waals surface area contributed by atoms with Crippen LogP contribution in [0.5, 0.6) is 5.75 Å². The molecule has 0 spiro atoms. The average molecular weight is 424 g/mol. The van der Waals surface area contributed by atoms with Gasteiger partial charge in [-0.05, 0) is 43.7 Å². The number of carbonyl (C=O) groups is 1. The number of aromatic nitrogens is 2. The maximum atomic E-state index is 12.5. The Bertz CT molecular complexity index is 1110. The molecular formula is C24H29N3O4. The van der Waals surface area contributed by atoms with E-state index in [1.165, 1.54) is 0 Å². The van der Waals surface area contributed by atoms with Crippen LogP contribution in [-0.4, -0.2) is 41.3 Å². The van der Waals surface area contributed by atoms with Crippen molar-refractivity contribution in [2.75, 3.05) is 20.3 Å². The van der Waals surface area contributed by atoms with E-state index >= 15 is 0 Å². The summed E-state index contributed by atoms with van der Waals surface area (Å²) in [6, 6.07) is 14.9. The summed E-state index contributed by atoms with van der Waals surface area (Å²) < 4.78 is 13.1. The van der Waals surface area contributed by atoms with Crippen LogP contribution in [0.4, 0.5) is 0 Å². The van der Waals surface area contributed by atoms with E-state index in [4.69, 9.17) is 9.47 Å². The standard InChI is InChI=1S/C24H29N3O4/c1-5-31-24(2,23(29)25-3)16-17-10-12-18(13-11-17)30-15-14-21-26-20-9-7-6-8-19(20)22(28)27(21)4/h6-13H,5,14-16H2,1-4H3,(H,25,29). The molecule has 1 heterocycles. The van der Waals surface area contributed by atoms with Gasteiger partial charge in [-0.3, -0.25) is 14.2 Å². The Balaban J connectivity index is 1.64. The second-order valence-corrected chi connectivity index (χ2v) is 7.57. The quantitative estimate of drug-likeness (QED) is 0.572. The number of ether oxygens (including phenoxy) is 2. The van der Waals surface area contributed by atoms with Crippen LogP contribution >= 0.6 is 0 Å². The Morgan fingerprint density at radius 1 is 1.16 bits per heavy atom. The van der Waals surface area contributed by atoms with E-state index < -0.39 is 5.60 Å². The highest BCUT2D eigenvalue weighted by Crippen LogP contribution is 2.21. The normalized spacial score (nSPS) is 13.0. The van der Waals surface area contributed by atoms with Crippen molar-refractivity contribution in [1.29, 1.82) is 0 Å². The summed E-state index contributed by atoms with van der Waals surface area (Å²) in [5, 5.41) is 3.28. The maximum Gasteiger partial charge on any atom is 0.261 e. The molecule has 164 valence electrons. The molecule has 0 aliphatic carbocycles. The van der Waals surface area contributed by atoms with Crippen LogP contribution in [0.1, 0.15) is 25.2 Å². The highest BCUT2D eigenvalue weighted by atomic mass is 16.5. The fourth-order valence-electron chi connectivity index (χ4n) is 3.62. The summed E-state index contributed by atoms with van der Waals surface area (Å²) in [4.78, 5) is 29.3. The Labute approximate surface area is 182 Å². The monoisotopic (exact) mass is 423 g/mol. The summed E-state index contributed by atoms with van der Waals surface area (Å²) in [5.74, 6) is 1.24. The van der Waals surface area contributed by atoms with Gasteiger partial charge in [0.25, 0.3) is 11.5 Å². The first kappa shape index (κ1) is 22.5. The van der Waals surface area contributed by atoms with E-state index in [1.54, 1.807) is 31.7 Å². The van der Waals surface area contributed by atoms with Gasteiger partial charge in [0.05, 0.1) is 17.5 Å². The molecule has 1 unspecified atom stereocenters. The summed E-state index contributed by atoms with van der Waals surface area (Å²) in [5.41, 5.74) is 0.695. The minimum atomic E-state index is -0.918. The lowest BCUT2D eigenvalue weighted by atomic mass is 9.95. The minimum Gasteiger partial charge on any atom is -0.493 e. The van der Waals surface area contributed by atoms with Crippen LogP contribution in [0.15, 0.2) is 53.3 Å². The van der Waals surface area contributed by atoms with Crippen molar-refractivity contribution >= 4 is 16.8 Å². The molecule has 7 heteroatoms. The first-order chi connectivity index (χ1) is 14.9. The topological polar surface area (TPSA) is 82.5 Å². The lowest BCUT2D eigenvalue weighted by Crippen LogP contribution is -2.47. The molecule has 1 aromatic heterocycles. The van der Waals surface area contributed by atoms with Crippen molar-refractivity contribution in [3.8, 4) is 5.75 Å². The zero-order valence-corrected chi connectivity index (χ0v) is 18.5. The van der Waals surface area contributed by atoms with Crippen LogP contribution < -0.4 is 15.6 Å². The van der Waals surface area contributed by atoms with Crippen LogP contribution in [0.25, 0.3) is 10.9 Å². The predicted molar refractivity (Wildman–Crippen MR) is 120 cm³/mol. The highest BCUT2D eigenvalue weighted by Gasteiger charge is 2.33. The number of rotatable bonds is 9. The molecule has 0 saturated carbocycles. The number of hydrogen-bond acceptors (Lipinski definition) is 5. The Kier molecular flexibility index (Phi) is 7.07. The fourth-order valence-corrected chi connectivity index (χ4v) is 3.62. The van der Waals surface area contributed by atoms with E-state index in [-0.39, 0.29) is 11.5 Å². The highest BCUT2D eigenvalue weighted by molar-refractivity contribution is 5.84. The second kappa shape index (κ2) is 9.75. The Morgan fingerprint density at radius 2 is 1.87 bits per heavy atom. The van der Waals surface area contributed by atoms with Crippen molar-refractivity contribution in [1.82, 2.24) is 14.9 Å². The maximum absolute atomic E-state index is 12.5. The lowest BCUT2D eigenvalue weighted by Gasteiger charge is -2.27. The van der Waals surface area contributed by atoms with E-state index in [1.807, 2.05) is 49.4 Å². The van der Waals surface area contributed by atoms with Gasteiger partial charge in [-0.15, -0.1) is 0 Å². The van der Waals surface area contributed by atoms with Crippen LogP contribution in [0.3, 0.4) is 0 Å². The van der Waals surface area contributed by atoms with Gasteiger partial charge in [0, 0.05) is 33.5 Å². The number of nitrogens with one attached hydrogen (secondary N) is 1. The van der Waals surface area contributed by atoms with Crippen molar-refractivity contribution < 1.29 is 14.3 Å². The zero-order valence-electron chi connectivity index (χ0n) is 18.5. The van der Waals surface area contributed by atoms with Crippen molar-refractivity contribution in [3.63, 3.8) is 0 Å². The molecule has 7 nitrogen and oxygen atoms in total. The molecule has 0 radical (unpaired) electrons. The van der Waals surface area contributed by atoms with Crippen LogP contribution in [-0.2, 0) is 29.4 Å². The molecule has 31 heavy (non-hydrogen) atoms. The molecular weight excluding hydrogens is 394 g/mol. The van der Waals surface area contributed by atoms with Crippen molar-refractivity contribution in [2.45, 2.75) is 32.3 Å². The number of likely N-dealkylation sites (N-methyl/N-ethyl adjacent to an activating group) is 1. The summed E-state index contributed by atoms with van der Waals surface area (Å²) in [6.45, 7) is 4.52. The molecule has 0 fully saturated rings. The van der Waals surface area contributed by atoms with E-state index in [0.29, 0.717) is 48.5 Å². The van der Waals surface area contributed by atoms with Gasteiger partial charge in [-0.2, -0.15) is 0 Å². The molecule has 1 amide bonds. The molecule has 3 aromatic rings. The lowest BCUT2D eigenvalue weighted by molar-refractivity contribution is -0.143. The minimum absolute atomic E-state index is 0.0570. The number of benzene rings is 2. The first-order valence-corrected chi connectivity index (χ1v) is 10.4. The Morgan fingerprint density at radius 3 is 2.55 bits per heavy atom. The zero-order chi connectivity index (χ0) is 22.4. The van der Waals surface area contributed by atoms with Crippen molar-refractivity contribution in [2.24, 2.45) is 7.05 Å². The molecule has 0 aliphatic heterocycles. The SMILES string of the molecule is CCOC(C)(Cc1ccc(OCCc2nc3ccccc3c(=O)n2C)cc1)C(=O)NC. The molecule has 0 aliphatic rings. The third-order valence-corrected chi connectivity index (χ3v) is 5.31. The number of amides is 1. The van der Waals surface area contributed by atoms with E-state index in [2.05, 4.69) is 10.3 Å². The molecule has 1 N–H and O–H groups in total. The van der Waals surface area contributed by atoms with Gasteiger partial charge in [0.2, 0.25) is 0 Å². The number of nitrogens with zero attached hydrogens (tertiary/aromatic N) is 2. The van der Waals surface area contributed by atoms with Gasteiger partial charge in [-0.1, -0.05) is 24.3 Å². The second-order valence-electron chi connectivity index (χ2n) is 7.57. The number of fused-ring (bicyclic) bond motifs is 1. The molecule has 2 aromatic carbocycles.